The Hall–Kier alpha value is -3.92. The molecule has 2 nitrogen and oxygen atoms in total. The van der Waals surface area contributed by atoms with E-state index in [0.29, 0.717) is 5.92 Å². The van der Waals surface area contributed by atoms with Crippen molar-refractivity contribution in [2.45, 2.75) is 149 Å². The zero-order chi connectivity index (χ0) is 38.8. The van der Waals surface area contributed by atoms with Gasteiger partial charge in [0.2, 0.25) is 0 Å². The molecule has 0 amide bonds. The lowest BCUT2D eigenvalue weighted by molar-refractivity contribution is 0.00578. The van der Waals surface area contributed by atoms with Crippen LogP contribution in [0.25, 0.3) is 75.4 Å². The third-order valence-corrected chi connectivity index (χ3v) is 14.2. The van der Waals surface area contributed by atoms with Crippen molar-refractivity contribution in [2.75, 3.05) is 0 Å². The molecular formula is C53H61BO2. The van der Waals surface area contributed by atoms with Crippen LogP contribution in [0, 0.1) is 0 Å². The molecule has 1 heterocycles. The van der Waals surface area contributed by atoms with Gasteiger partial charge in [0.05, 0.1) is 11.2 Å². The summed E-state index contributed by atoms with van der Waals surface area (Å²) in [5.41, 5.74) is 3.49. The second-order valence-corrected chi connectivity index (χ2v) is 18.4. The minimum Gasteiger partial charge on any atom is -0.399 e. The Balaban J connectivity index is 1.31. The first-order valence-electron chi connectivity index (χ1n) is 22.3. The van der Waals surface area contributed by atoms with Crippen molar-refractivity contribution in [3.05, 3.63) is 90.0 Å². The maximum atomic E-state index is 6.65. The topological polar surface area (TPSA) is 18.5 Å². The molecular weight excluding hydrogens is 679 g/mol. The van der Waals surface area contributed by atoms with Crippen LogP contribution in [0.3, 0.4) is 0 Å². The standard InChI is InChI=1S/C53H61BO2/c1-8-10-12-14-16-18-25-37-44-32-42-36-26-21-27-39-46(54-55-52(4,5)53(6,7)56-54)31-30-38(49(36)39)43(42)33-45(44)47(34(3)22-17-15-13-11-9-2)51-41-29-20-24-35-23-19-28-40(48(35)41)50(37)51/h19-21,23-24,26-34H,8-18,22,25H2,1-7H3. The van der Waals surface area contributed by atoms with Crippen LogP contribution in [0.2, 0.25) is 0 Å². The molecule has 0 aromatic heterocycles. The summed E-state index contributed by atoms with van der Waals surface area (Å²) in [6.45, 7) is 15.8. The van der Waals surface area contributed by atoms with E-state index in [1.807, 2.05) is 0 Å². The Kier molecular flexibility index (Phi) is 9.94. The summed E-state index contributed by atoms with van der Waals surface area (Å²) in [7, 11) is -0.397. The first kappa shape index (κ1) is 37.7. The fraction of sp³-hybridized carbons (Fsp3) is 0.434. The summed E-state index contributed by atoms with van der Waals surface area (Å²) < 4.78 is 13.3. The highest BCUT2D eigenvalue weighted by Gasteiger charge is 2.52. The predicted molar refractivity (Wildman–Crippen MR) is 246 cm³/mol. The Morgan fingerprint density at radius 3 is 1.75 bits per heavy atom. The van der Waals surface area contributed by atoms with Gasteiger partial charge in [-0.15, -0.1) is 0 Å². The van der Waals surface area contributed by atoms with E-state index in [2.05, 4.69) is 127 Å². The Morgan fingerprint density at radius 2 is 1.05 bits per heavy atom. The zero-order valence-corrected chi connectivity index (χ0v) is 35.2. The predicted octanol–water partition coefficient (Wildman–Crippen LogP) is 15.3. The highest BCUT2D eigenvalue weighted by molar-refractivity contribution is 6.66. The number of benzene rings is 6. The number of hydrogen-bond acceptors (Lipinski definition) is 2. The van der Waals surface area contributed by atoms with Crippen LogP contribution in [0.15, 0.2) is 78.9 Å². The molecule has 0 aliphatic carbocycles. The minimum absolute atomic E-state index is 0.389. The lowest BCUT2D eigenvalue weighted by Gasteiger charge is -2.32. The minimum atomic E-state index is -0.397. The van der Waals surface area contributed by atoms with Crippen molar-refractivity contribution in [3.63, 3.8) is 0 Å². The van der Waals surface area contributed by atoms with Crippen LogP contribution in [0.1, 0.15) is 143 Å². The normalized spacial score (nSPS) is 16.4. The first-order valence-corrected chi connectivity index (χ1v) is 22.3. The molecule has 8 aromatic rings. The van der Waals surface area contributed by atoms with Gasteiger partial charge in [0.1, 0.15) is 0 Å². The lowest BCUT2D eigenvalue weighted by atomic mass is 9.75. The molecule has 0 spiro atoms. The first-order chi connectivity index (χ1) is 27.1. The smallest absolute Gasteiger partial charge is 0.399 e. The molecule has 9 rings (SSSR count). The van der Waals surface area contributed by atoms with Gasteiger partial charge in [-0.05, 0) is 157 Å². The van der Waals surface area contributed by atoms with Crippen LogP contribution in [-0.2, 0) is 15.7 Å². The van der Waals surface area contributed by atoms with Gasteiger partial charge < -0.3 is 9.31 Å². The summed E-state index contributed by atoms with van der Waals surface area (Å²) in [4.78, 5) is 0. The summed E-state index contributed by atoms with van der Waals surface area (Å²) >= 11 is 0. The molecule has 1 unspecified atom stereocenters. The SMILES string of the molecule is CCCCCCCCc1c2cc3c(cc2c(C(C)CCCCCCC)c2c4cccc5cccc(c12)c54)c1ccc(B2OC(C)(C)C(C)(C)O2)c2cccc3c21. The van der Waals surface area contributed by atoms with E-state index in [4.69, 9.17) is 9.31 Å². The maximum Gasteiger partial charge on any atom is 0.495 e. The van der Waals surface area contributed by atoms with Gasteiger partial charge in [-0.1, -0.05) is 152 Å². The average Bonchev–Trinajstić information content (AvgIpc) is 3.76. The summed E-state index contributed by atoms with van der Waals surface area (Å²) in [5.74, 6) is 0.452. The van der Waals surface area contributed by atoms with Gasteiger partial charge in [-0.2, -0.15) is 0 Å². The molecule has 0 saturated carbocycles. The largest absolute Gasteiger partial charge is 0.495 e. The molecule has 0 radical (unpaired) electrons. The zero-order valence-electron chi connectivity index (χ0n) is 35.2. The molecule has 1 atom stereocenters. The van der Waals surface area contributed by atoms with E-state index in [9.17, 15) is 0 Å². The molecule has 8 aromatic carbocycles. The number of hydrogen-bond donors (Lipinski definition) is 0. The Labute approximate surface area is 335 Å². The van der Waals surface area contributed by atoms with Crippen LogP contribution in [0.4, 0.5) is 0 Å². The number of rotatable bonds is 15. The number of unbranched alkanes of at least 4 members (excludes halogenated alkanes) is 9. The van der Waals surface area contributed by atoms with Crippen LogP contribution < -0.4 is 5.46 Å². The van der Waals surface area contributed by atoms with Crippen molar-refractivity contribution in [3.8, 4) is 0 Å². The molecule has 0 N–H and O–H groups in total. The second-order valence-electron chi connectivity index (χ2n) is 18.4. The molecule has 1 aliphatic rings. The number of fused-ring (bicyclic) bond motifs is 7. The van der Waals surface area contributed by atoms with E-state index in [-0.39, 0.29) is 11.2 Å². The van der Waals surface area contributed by atoms with Crippen LogP contribution in [0.5, 0.6) is 0 Å². The second kappa shape index (κ2) is 14.8. The summed E-state index contributed by atoms with van der Waals surface area (Å²) in [5, 5.41) is 19.8. The van der Waals surface area contributed by atoms with E-state index >= 15 is 0 Å². The quantitative estimate of drug-likeness (QED) is 0.0770. The molecule has 56 heavy (non-hydrogen) atoms. The van der Waals surface area contributed by atoms with E-state index in [1.54, 1.807) is 11.1 Å². The maximum absolute atomic E-state index is 6.65. The van der Waals surface area contributed by atoms with E-state index in [1.165, 1.54) is 152 Å². The summed E-state index contributed by atoms with van der Waals surface area (Å²) in [6, 6.07) is 30.9. The fourth-order valence-electron chi connectivity index (χ4n) is 10.5. The van der Waals surface area contributed by atoms with Gasteiger partial charge in [-0.3, -0.25) is 0 Å². The van der Waals surface area contributed by atoms with Crippen LogP contribution >= 0.6 is 0 Å². The molecule has 1 saturated heterocycles. The molecule has 0 bridgehead atoms. The van der Waals surface area contributed by atoms with Gasteiger partial charge in [0.15, 0.2) is 0 Å². The highest BCUT2D eigenvalue weighted by Crippen LogP contribution is 2.50. The van der Waals surface area contributed by atoms with Gasteiger partial charge >= 0.3 is 7.12 Å². The van der Waals surface area contributed by atoms with Crippen molar-refractivity contribution in [1.82, 2.24) is 0 Å². The highest BCUT2D eigenvalue weighted by atomic mass is 16.7. The Bertz CT molecular complexity index is 2660. The van der Waals surface area contributed by atoms with E-state index in [0.717, 1.165) is 11.9 Å². The van der Waals surface area contributed by atoms with Gasteiger partial charge in [0.25, 0.3) is 0 Å². The van der Waals surface area contributed by atoms with Crippen molar-refractivity contribution in [2.24, 2.45) is 0 Å². The third-order valence-electron chi connectivity index (χ3n) is 14.2. The molecule has 1 aliphatic heterocycles. The number of aryl methyl sites for hydroxylation is 1. The third kappa shape index (κ3) is 6.06. The molecule has 1 fully saturated rings. The fourth-order valence-corrected chi connectivity index (χ4v) is 10.5. The summed E-state index contributed by atoms with van der Waals surface area (Å²) in [6.07, 6.45) is 16.7. The van der Waals surface area contributed by atoms with Crippen molar-refractivity contribution >= 4 is 88.0 Å². The molecule has 3 heteroatoms. The Morgan fingerprint density at radius 1 is 0.500 bits per heavy atom. The van der Waals surface area contributed by atoms with Gasteiger partial charge in [-0.25, -0.2) is 0 Å². The van der Waals surface area contributed by atoms with Crippen molar-refractivity contribution < 1.29 is 9.31 Å². The monoisotopic (exact) mass is 740 g/mol. The van der Waals surface area contributed by atoms with Crippen LogP contribution in [-0.4, -0.2) is 18.3 Å². The molecule has 288 valence electrons. The lowest BCUT2D eigenvalue weighted by Crippen LogP contribution is -2.41. The average molecular weight is 741 g/mol. The van der Waals surface area contributed by atoms with Gasteiger partial charge in [0, 0.05) is 0 Å². The van der Waals surface area contributed by atoms with Crippen molar-refractivity contribution in [1.29, 1.82) is 0 Å². The van der Waals surface area contributed by atoms with E-state index < -0.39 is 7.12 Å².